The van der Waals surface area contributed by atoms with Crippen LogP contribution in [0.1, 0.15) is 28.8 Å². The van der Waals surface area contributed by atoms with E-state index < -0.39 is 5.97 Å². The van der Waals surface area contributed by atoms with E-state index in [0.717, 1.165) is 31.5 Å². The number of hydrogen-bond acceptors (Lipinski definition) is 5. The molecule has 0 saturated carbocycles. The molecule has 0 bridgehead atoms. The maximum atomic E-state index is 11.9. The molecule has 3 N–H and O–H groups in total. The average molecular weight is 278 g/mol. The molecular weight excluding hydrogens is 256 g/mol. The number of carbonyl (C=O) groups excluding carboxylic acids is 1. The maximum Gasteiger partial charge on any atom is 0.340 e. The number of carbonyl (C=O) groups is 1. The van der Waals surface area contributed by atoms with Crippen LogP contribution in [0.4, 0.5) is 5.69 Å². The number of methoxy groups -OCH3 is 1. The zero-order valence-corrected chi connectivity index (χ0v) is 11.8. The van der Waals surface area contributed by atoms with Crippen LogP contribution in [0.25, 0.3) is 0 Å². The van der Waals surface area contributed by atoms with E-state index in [1.54, 1.807) is 6.07 Å². The van der Waals surface area contributed by atoms with E-state index in [9.17, 15) is 9.90 Å². The highest BCUT2D eigenvalue weighted by Crippen LogP contribution is 2.23. The summed E-state index contributed by atoms with van der Waals surface area (Å²) in [5.41, 5.74) is 7.69. The van der Waals surface area contributed by atoms with Gasteiger partial charge in [-0.15, -0.1) is 0 Å². The van der Waals surface area contributed by atoms with Crippen LogP contribution in [0.5, 0.6) is 0 Å². The molecule has 1 saturated heterocycles. The zero-order valence-electron chi connectivity index (χ0n) is 11.8. The van der Waals surface area contributed by atoms with Crippen molar-refractivity contribution in [1.82, 2.24) is 4.90 Å². The minimum Gasteiger partial charge on any atom is -0.465 e. The number of aliphatic hydroxyl groups is 1. The van der Waals surface area contributed by atoms with E-state index in [0.29, 0.717) is 23.7 Å². The molecule has 110 valence electrons. The van der Waals surface area contributed by atoms with E-state index in [1.165, 1.54) is 7.11 Å². The Hall–Kier alpha value is -1.59. The first-order chi connectivity index (χ1) is 9.65. The third-order valence-corrected chi connectivity index (χ3v) is 3.83. The highest BCUT2D eigenvalue weighted by atomic mass is 16.5. The fourth-order valence-corrected chi connectivity index (χ4v) is 2.79. The summed E-state index contributed by atoms with van der Waals surface area (Å²) in [6.07, 6.45) is 2.13. The van der Waals surface area contributed by atoms with Crippen LogP contribution in [-0.4, -0.2) is 42.8 Å². The summed E-state index contributed by atoms with van der Waals surface area (Å²) in [5, 5.41) is 9.28. The zero-order chi connectivity index (χ0) is 14.5. The van der Waals surface area contributed by atoms with Crippen LogP contribution in [0.2, 0.25) is 0 Å². The molecule has 2 rings (SSSR count). The first-order valence-electron chi connectivity index (χ1n) is 6.94. The predicted molar refractivity (Wildman–Crippen MR) is 77.3 cm³/mol. The minimum atomic E-state index is -0.395. The third-order valence-electron chi connectivity index (χ3n) is 3.83. The molecule has 0 aliphatic carbocycles. The van der Waals surface area contributed by atoms with Crippen molar-refractivity contribution in [3.8, 4) is 0 Å². The summed E-state index contributed by atoms with van der Waals surface area (Å²) < 4.78 is 4.81. The lowest BCUT2D eigenvalue weighted by Crippen LogP contribution is -2.36. The Balaban J connectivity index is 2.16. The molecule has 0 radical (unpaired) electrons. The number of hydrogen-bond donors (Lipinski definition) is 2. The number of nitrogens with two attached hydrogens (primary N) is 1. The van der Waals surface area contributed by atoms with Gasteiger partial charge in [-0.05, 0) is 36.9 Å². The molecule has 1 unspecified atom stereocenters. The topological polar surface area (TPSA) is 75.8 Å². The molecular formula is C15H22N2O3. The van der Waals surface area contributed by atoms with Crippen LogP contribution in [0.3, 0.4) is 0 Å². The number of piperidine rings is 1. The Morgan fingerprint density at radius 2 is 2.35 bits per heavy atom. The van der Waals surface area contributed by atoms with Gasteiger partial charge in [0, 0.05) is 25.4 Å². The minimum absolute atomic E-state index is 0.220. The van der Waals surface area contributed by atoms with Gasteiger partial charge in [-0.3, -0.25) is 4.90 Å². The molecule has 1 aromatic carbocycles. The van der Waals surface area contributed by atoms with Crippen LogP contribution in [-0.2, 0) is 11.3 Å². The lowest BCUT2D eigenvalue weighted by Gasteiger charge is -2.32. The Morgan fingerprint density at radius 1 is 1.55 bits per heavy atom. The van der Waals surface area contributed by atoms with Gasteiger partial charge in [0.1, 0.15) is 0 Å². The number of ether oxygens (including phenoxy) is 1. The average Bonchev–Trinajstić information content (AvgIpc) is 2.47. The molecule has 0 amide bonds. The second-order valence-corrected chi connectivity index (χ2v) is 5.30. The summed E-state index contributed by atoms with van der Waals surface area (Å²) >= 11 is 0. The van der Waals surface area contributed by atoms with E-state index in [-0.39, 0.29) is 6.61 Å². The molecule has 5 heteroatoms. The third kappa shape index (κ3) is 3.29. The lowest BCUT2D eigenvalue weighted by atomic mass is 9.97. The van der Waals surface area contributed by atoms with E-state index >= 15 is 0 Å². The van der Waals surface area contributed by atoms with Gasteiger partial charge in [0.25, 0.3) is 0 Å². The van der Waals surface area contributed by atoms with Gasteiger partial charge >= 0.3 is 5.97 Å². The van der Waals surface area contributed by atoms with Crippen molar-refractivity contribution in [3.63, 3.8) is 0 Å². The van der Waals surface area contributed by atoms with Crippen LogP contribution >= 0.6 is 0 Å². The lowest BCUT2D eigenvalue weighted by molar-refractivity contribution is 0.0597. The van der Waals surface area contributed by atoms with Crippen molar-refractivity contribution in [2.75, 3.05) is 32.5 Å². The quantitative estimate of drug-likeness (QED) is 0.640. The molecule has 20 heavy (non-hydrogen) atoms. The molecule has 0 aromatic heterocycles. The number of benzene rings is 1. The number of aliphatic hydroxyl groups excluding tert-OH is 1. The fraction of sp³-hybridized carbons (Fsp3) is 0.533. The molecule has 1 aromatic rings. The number of nitrogens with zero attached hydrogens (tertiary/aromatic N) is 1. The monoisotopic (exact) mass is 278 g/mol. The van der Waals surface area contributed by atoms with Crippen molar-refractivity contribution >= 4 is 11.7 Å². The highest BCUT2D eigenvalue weighted by molar-refractivity contribution is 5.96. The maximum absolute atomic E-state index is 11.9. The first-order valence-corrected chi connectivity index (χ1v) is 6.94. The predicted octanol–water partition coefficient (Wildman–Crippen LogP) is 1.26. The second-order valence-electron chi connectivity index (χ2n) is 5.30. The molecule has 1 aliphatic rings. The van der Waals surface area contributed by atoms with Gasteiger partial charge in [0.05, 0.1) is 12.7 Å². The van der Waals surface area contributed by atoms with Gasteiger partial charge in [-0.2, -0.15) is 0 Å². The Bertz CT molecular complexity index is 476. The molecule has 1 atom stereocenters. The number of esters is 1. The molecule has 1 heterocycles. The van der Waals surface area contributed by atoms with E-state index in [1.807, 2.05) is 12.1 Å². The highest BCUT2D eigenvalue weighted by Gasteiger charge is 2.22. The van der Waals surface area contributed by atoms with Crippen molar-refractivity contribution in [2.45, 2.75) is 19.4 Å². The number of anilines is 1. The molecule has 1 aliphatic heterocycles. The van der Waals surface area contributed by atoms with Crippen LogP contribution in [0.15, 0.2) is 18.2 Å². The SMILES string of the molecule is COC(=O)c1c(N)cccc1CN1CCCC(CO)C1. The van der Waals surface area contributed by atoms with Gasteiger partial charge in [-0.25, -0.2) is 4.79 Å². The summed E-state index contributed by atoms with van der Waals surface area (Å²) in [6, 6.07) is 5.47. The summed E-state index contributed by atoms with van der Waals surface area (Å²) in [7, 11) is 1.36. The van der Waals surface area contributed by atoms with Crippen LogP contribution in [0, 0.1) is 5.92 Å². The van der Waals surface area contributed by atoms with Crippen LogP contribution < -0.4 is 5.73 Å². The van der Waals surface area contributed by atoms with Gasteiger partial charge < -0.3 is 15.6 Å². The number of likely N-dealkylation sites (tertiary alicyclic amines) is 1. The summed E-state index contributed by atoms with van der Waals surface area (Å²) in [6.45, 7) is 2.71. The Morgan fingerprint density at radius 3 is 3.05 bits per heavy atom. The summed E-state index contributed by atoms with van der Waals surface area (Å²) in [5.74, 6) is -0.0693. The molecule has 1 fully saturated rings. The number of nitrogen functional groups attached to an aromatic ring is 1. The van der Waals surface area contributed by atoms with E-state index in [2.05, 4.69) is 4.90 Å². The van der Waals surface area contributed by atoms with Gasteiger partial charge in [0.15, 0.2) is 0 Å². The van der Waals surface area contributed by atoms with Crippen molar-refractivity contribution in [1.29, 1.82) is 0 Å². The second kappa shape index (κ2) is 6.72. The van der Waals surface area contributed by atoms with Gasteiger partial charge in [-0.1, -0.05) is 12.1 Å². The molecule has 0 spiro atoms. The largest absolute Gasteiger partial charge is 0.465 e. The van der Waals surface area contributed by atoms with Crippen molar-refractivity contribution in [2.24, 2.45) is 5.92 Å². The normalized spacial score (nSPS) is 19.8. The smallest absolute Gasteiger partial charge is 0.340 e. The van der Waals surface area contributed by atoms with Crippen molar-refractivity contribution in [3.05, 3.63) is 29.3 Å². The number of rotatable bonds is 4. The Kier molecular flexibility index (Phi) is 4.98. The first kappa shape index (κ1) is 14.8. The van der Waals surface area contributed by atoms with Gasteiger partial charge in [0.2, 0.25) is 0 Å². The summed E-state index contributed by atoms with van der Waals surface area (Å²) in [4.78, 5) is 14.1. The standard InChI is InChI=1S/C15H22N2O3/c1-20-15(19)14-12(5-2-6-13(14)16)9-17-7-3-4-11(8-17)10-18/h2,5-6,11,18H,3-4,7-10,16H2,1H3. The van der Waals surface area contributed by atoms with E-state index in [4.69, 9.17) is 10.5 Å². The fourth-order valence-electron chi connectivity index (χ4n) is 2.79. The molecule has 5 nitrogen and oxygen atoms in total. The van der Waals surface area contributed by atoms with Crippen molar-refractivity contribution < 1.29 is 14.6 Å². The Labute approximate surface area is 119 Å².